The summed E-state index contributed by atoms with van der Waals surface area (Å²) >= 11 is 1.62. The quantitative estimate of drug-likeness (QED) is 0.747. The van der Waals surface area contributed by atoms with E-state index in [9.17, 15) is 5.11 Å². The van der Waals surface area contributed by atoms with Gasteiger partial charge in [0.15, 0.2) is 5.13 Å². The number of thiazole rings is 1. The number of nitrogens with zero attached hydrogens (tertiary/aromatic N) is 2. The molecule has 0 saturated heterocycles. The Bertz CT molecular complexity index is 290. The second-order valence-corrected chi connectivity index (χ2v) is 5.07. The second-order valence-electron chi connectivity index (χ2n) is 4.01. The summed E-state index contributed by atoms with van der Waals surface area (Å²) in [5.74, 6) is 0. The summed E-state index contributed by atoms with van der Waals surface area (Å²) in [7, 11) is 2.08. The molecule has 0 bridgehead atoms. The zero-order valence-electron chi connectivity index (χ0n) is 10.5. The molecule has 0 aliphatic carbocycles. The summed E-state index contributed by atoms with van der Waals surface area (Å²) in [6, 6.07) is 0. The summed E-state index contributed by atoms with van der Waals surface area (Å²) in [6.45, 7) is 5.45. The zero-order valence-corrected chi connectivity index (χ0v) is 11.3. The van der Waals surface area contributed by atoms with Crippen LogP contribution < -0.4 is 4.90 Å². The van der Waals surface area contributed by atoms with Crippen molar-refractivity contribution in [3.63, 3.8) is 0 Å². The molecule has 1 N–H and O–H groups in total. The van der Waals surface area contributed by atoms with Gasteiger partial charge in [0.25, 0.3) is 0 Å². The molecule has 1 aromatic rings. The maximum Gasteiger partial charge on any atom is 0.185 e. The standard InChI is InChI=1S/C12H22N2OS/c1-4-6-7-8-14(3)12-13-10(5-2)11(9-15)16-12/h15H,4-9H2,1-3H3. The molecule has 1 aromatic heterocycles. The zero-order chi connectivity index (χ0) is 12.0. The molecule has 92 valence electrons. The fraction of sp³-hybridized carbons (Fsp3) is 0.750. The molecule has 0 aliphatic rings. The highest BCUT2D eigenvalue weighted by molar-refractivity contribution is 7.15. The van der Waals surface area contributed by atoms with Crippen LogP contribution in [0, 0.1) is 0 Å². The highest BCUT2D eigenvalue weighted by Crippen LogP contribution is 2.26. The number of anilines is 1. The van der Waals surface area contributed by atoms with E-state index in [4.69, 9.17) is 0 Å². The minimum atomic E-state index is 0.115. The first-order valence-electron chi connectivity index (χ1n) is 6.03. The lowest BCUT2D eigenvalue weighted by atomic mass is 10.2. The van der Waals surface area contributed by atoms with Crippen molar-refractivity contribution < 1.29 is 5.11 Å². The average molecular weight is 242 g/mol. The third-order valence-electron chi connectivity index (χ3n) is 2.67. The van der Waals surface area contributed by atoms with Crippen LogP contribution >= 0.6 is 11.3 Å². The number of aliphatic hydroxyl groups excluding tert-OH is 1. The van der Waals surface area contributed by atoms with E-state index in [1.54, 1.807) is 11.3 Å². The van der Waals surface area contributed by atoms with Crippen LogP contribution in [-0.4, -0.2) is 23.7 Å². The second kappa shape index (κ2) is 6.86. The Balaban J connectivity index is 2.60. The maximum absolute atomic E-state index is 9.21. The summed E-state index contributed by atoms with van der Waals surface area (Å²) in [5.41, 5.74) is 1.05. The van der Waals surface area contributed by atoms with E-state index in [2.05, 4.69) is 30.8 Å². The Labute approximate surface area is 102 Å². The molecule has 0 amide bonds. The minimum Gasteiger partial charge on any atom is -0.391 e. The third kappa shape index (κ3) is 3.46. The average Bonchev–Trinajstić information content (AvgIpc) is 2.72. The van der Waals surface area contributed by atoms with Crippen molar-refractivity contribution in [1.82, 2.24) is 4.98 Å². The molecule has 16 heavy (non-hydrogen) atoms. The van der Waals surface area contributed by atoms with Crippen molar-refractivity contribution >= 4 is 16.5 Å². The number of aryl methyl sites for hydroxylation is 1. The minimum absolute atomic E-state index is 0.115. The van der Waals surface area contributed by atoms with E-state index >= 15 is 0 Å². The van der Waals surface area contributed by atoms with Crippen molar-refractivity contribution in [2.75, 3.05) is 18.5 Å². The van der Waals surface area contributed by atoms with Crippen molar-refractivity contribution in [2.45, 2.75) is 46.1 Å². The van der Waals surface area contributed by atoms with Gasteiger partial charge in [0, 0.05) is 13.6 Å². The predicted molar refractivity (Wildman–Crippen MR) is 70.2 cm³/mol. The van der Waals surface area contributed by atoms with Gasteiger partial charge in [-0.3, -0.25) is 0 Å². The fourth-order valence-electron chi connectivity index (χ4n) is 1.63. The highest BCUT2D eigenvalue weighted by Gasteiger charge is 2.11. The normalized spacial score (nSPS) is 10.8. The lowest BCUT2D eigenvalue weighted by Crippen LogP contribution is -2.18. The maximum atomic E-state index is 9.21. The Morgan fingerprint density at radius 3 is 2.56 bits per heavy atom. The molecule has 0 aromatic carbocycles. The van der Waals surface area contributed by atoms with Crippen LogP contribution in [0.1, 0.15) is 43.7 Å². The van der Waals surface area contributed by atoms with Crippen LogP contribution in [0.15, 0.2) is 0 Å². The summed E-state index contributed by atoms with van der Waals surface area (Å²) in [5, 5.41) is 10.2. The lowest BCUT2D eigenvalue weighted by Gasteiger charge is -2.14. The van der Waals surface area contributed by atoms with Crippen LogP contribution in [0.3, 0.4) is 0 Å². The van der Waals surface area contributed by atoms with Gasteiger partial charge in [-0.1, -0.05) is 38.0 Å². The molecule has 0 aliphatic heterocycles. The number of hydrogen-bond acceptors (Lipinski definition) is 4. The lowest BCUT2D eigenvalue weighted by molar-refractivity contribution is 0.284. The largest absolute Gasteiger partial charge is 0.391 e. The molecule has 4 heteroatoms. The summed E-state index contributed by atoms with van der Waals surface area (Å²) in [6.07, 6.45) is 4.62. The van der Waals surface area contributed by atoms with E-state index in [1.165, 1.54) is 19.3 Å². The smallest absolute Gasteiger partial charge is 0.185 e. The van der Waals surface area contributed by atoms with Crippen molar-refractivity contribution in [2.24, 2.45) is 0 Å². The van der Waals surface area contributed by atoms with Gasteiger partial charge in [0.1, 0.15) is 0 Å². The Morgan fingerprint density at radius 1 is 1.31 bits per heavy atom. The van der Waals surface area contributed by atoms with E-state index < -0.39 is 0 Å². The van der Waals surface area contributed by atoms with Crippen LogP contribution in [-0.2, 0) is 13.0 Å². The van der Waals surface area contributed by atoms with Crippen LogP contribution in [0.5, 0.6) is 0 Å². The number of aliphatic hydroxyl groups is 1. The molecule has 3 nitrogen and oxygen atoms in total. The van der Waals surface area contributed by atoms with Crippen molar-refractivity contribution in [3.8, 4) is 0 Å². The molecule has 0 fully saturated rings. The molecular weight excluding hydrogens is 220 g/mol. The van der Waals surface area contributed by atoms with Crippen LogP contribution in [0.2, 0.25) is 0 Å². The molecule has 1 rings (SSSR count). The van der Waals surface area contributed by atoms with Gasteiger partial charge < -0.3 is 10.0 Å². The summed E-state index contributed by atoms with van der Waals surface area (Å²) in [4.78, 5) is 7.77. The van der Waals surface area contributed by atoms with Crippen molar-refractivity contribution in [1.29, 1.82) is 0 Å². The molecule has 0 atom stereocenters. The Kier molecular flexibility index (Phi) is 5.77. The van der Waals surface area contributed by atoms with Gasteiger partial charge in [-0.2, -0.15) is 0 Å². The van der Waals surface area contributed by atoms with Gasteiger partial charge in [-0.25, -0.2) is 4.98 Å². The monoisotopic (exact) mass is 242 g/mol. The number of hydrogen-bond donors (Lipinski definition) is 1. The number of aromatic nitrogens is 1. The van der Waals surface area contributed by atoms with E-state index in [-0.39, 0.29) is 6.61 Å². The molecule has 1 heterocycles. The van der Waals surface area contributed by atoms with Gasteiger partial charge in [0.05, 0.1) is 17.2 Å². The Hall–Kier alpha value is -0.610. The SMILES string of the molecule is CCCCCN(C)c1nc(CC)c(CO)s1. The predicted octanol–water partition coefficient (Wildman–Crippen LogP) is 2.82. The molecule has 0 spiro atoms. The Morgan fingerprint density at radius 2 is 2.06 bits per heavy atom. The number of unbranched alkanes of at least 4 members (excludes halogenated alkanes) is 2. The first-order valence-corrected chi connectivity index (χ1v) is 6.85. The third-order valence-corrected chi connectivity index (χ3v) is 3.87. The number of rotatable bonds is 7. The molecule has 0 saturated carbocycles. The first-order chi connectivity index (χ1) is 7.72. The van der Waals surface area contributed by atoms with Gasteiger partial charge >= 0.3 is 0 Å². The van der Waals surface area contributed by atoms with Crippen LogP contribution in [0.4, 0.5) is 5.13 Å². The van der Waals surface area contributed by atoms with Gasteiger partial charge in [-0.05, 0) is 12.8 Å². The van der Waals surface area contributed by atoms with E-state index in [1.807, 2.05) is 0 Å². The molecular formula is C12H22N2OS. The molecule has 0 radical (unpaired) electrons. The topological polar surface area (TPSA) is 36.4 Å². The van der Waals surface area contributed by atoms with Crippen LogP contribution in [0.25, 0.3) is 0 Å². The van der Waals surface area contributed by atoms with E-state index in [0.29, 0.717) is 0 Å². The summed E-state index contributed by atoms with van der Waals surface area (Å²) < 4.78 is 0. The van der Waals surface area contributed by atoms with Gasteiger partial charge in [0.2, 0.25) is 0 Å². The fourth-order valence-corrected chi connectivity index (χ4v) is 2.62. The highest BCUT2D eigenvalue weighted by atomic mass is 32.1. The van der Waals surface area contributed by atoms with Gasteiger partial charge in [-0.15, -0.1) is 0 Å². The van der Waals surface area contributed by atoms with E-state index in [0.717, 1.165) is 28.7 Å². The molecule has 0 unspecified atom stereocenters. The van der Waals surface area contributed by atoms with Crippen molar-refractivity contribution in [3.05, 3.63) is 10.6 Å². The first kappa shape index (κ1) is 13.5.